The molecule has 1 unspecified atom stereocenters. The van der Waals surface area contributed by atoms with Crippen molar-refractivity contribution in [2.75, 3.05) is 6.54 Å². The van der Waals surface area contributed by atoms with Crippen LogP contribution in [0.2, 0.25) is 0 Å². The second kappa shape index (κ2) is 7.45. The summed E-state index contributed by atoms with van der Waals surface area (Å²) < 4.78 is 1.67. The van der Waals surface area contributed by atoms with Crippen molar-refractivity contribution in [1.29, 1.82) is 0 Å². The second-order valence-corrected chi connectivity index (χ2v) is 5.59. The molecule has 0 aliphatic rings. The van der Waals surface area contributed by atoms with Crippen LogP contribution in [0.25, 0.3) is 0 Å². The molecule has 0 aliphatic heterocycles. The Bertz CT molecular complexity index is 634. The fraction of sp³-hybridized carbons (Fsp3) is 0.286. The lowest BCUT2D eigenvalue weighted by Crippen LogP contribution is -2.31. The van der Waals surface area contributed by atoms with Gasteiger partial charge in [-0.3, -0.25) is 4.79 Å². The molecule has 0 saturated carbocycles. The smallest absolute Gasteiger partial charge is 0.234 e. The lowest BCUT2D eigenvalue weighted by atomic mass is 10.2. The molecule has 1 atom stereocenters. The molecule has 0 aliphatic carbocycles. The number of aromatic nitrogens is 4. The van der Waals surface area contributed by atoms with Gasteiger partial charge in [-0.05, 0) is 22.9 Å². The van der Waals surface area contributed by atoms with Crippen molar-refractivity contribution in [2.24, 2.45) is 0 Å². The molecule has 2 rings (SSSR count). The molecule has 7 heteroatoms. The van der Waals surface area contributed by atoms with E-state index < -0.39 is 0 Å². The van der Waals surface area contributed by atoms with Gasteiger partial charge in [0.1, 0.15) is 0 Å². The third-order valence-electron chi connectivity index (χ3n) is 2.69. The maximum Gasteiger partial charge on any atom is 0.234 e. The number of nitrogens with one attached hydrogen (secondary N) is 1. The Kier molecular flexibility index (Phi) is 5.35. The topological polar surface area (TPSA) is 72.7 Å². The van der Waals surface area contributed by atoms with Crippen LogP contribution in [-0.2, 0) is 11.3 Å². The average Bonchev–Trinajstić information content (AvgIpc) is 2.92. The Morgan fingerprint density at radius 3 is 2.95 bits per heavy atom. The highest BCUT2D eigenvalue weighted by Crippen LogP contribution is 2.20. The predicted molar refractivity (Wildman–Crippen MR) is 80.5 cm³/mol. The summed E-state index contributed by atoms with van der Waals surface area (Å²) in [5.41, 5.74) is 1.09. The summed E-state index contributed by atoms with van der Waals surface area (Å²) >= 11 is 1.30. The molecule has 1 aromatic carbocycles. The number of thioether (sulfide) groups is 1. The van der Waals surface area contributed by atoms with Gasteiger partial charge in [0.25, 0.3) is 0 Å². The maximum absolute atomic E-state index is 11.8. The first-order valence-electron chi connectivity index (χ1n) is 6.38. The van der Waals surface area contributed by atoms with E-state index in [-0.39, 0.29) is 17.7 Å². The molecule has 0 bridgehead atoms. The molecular formula is C14H15N5OS. The molecule has 1 amide bonds. The molecule has 1 heterocycles. The summed E-state index contributed by atoms with van der Waals surface area (Å²) in [5.74, 6) is 2.24. The summed E-state index contributed by atoms with van der Waals surface area (Å²) in [5, 5.41) is 14.5. The van der Waals surface area contributed by atoms with Crippen LogP contribution in [0.1, 0.15) is 12.5 Å². The van der Waals surface area contributed by atoms with Crippen LogP contribution in [0.15, 0.2) is 35.5 Å². The molecule has 1 aromatic heterocycles. The minimum absolute atomic E-state index is 0.132. The van der Waals surface area contributed by atoms with Gasteiger partial charge in [-0.25, -0.2) is 4.68 Å². The zero-order valence-electron chi connectivity index (χ0n) is 11.6. The normalized spacial score (nSPS) is 11.6. The van der Waals surface area contributed by atoms with Crippen molar-refractivity contribution in [3.05, 3.63) is 35.9 Å². The largest absolute Gasteiger partial charge is 0.344 e. The second-order valence-electron chi connectivity index (χ2n) is 4.29. The monoisotopic (exact) mass is 301 g/mol. The standard InChI is InChI=1S/C14H15N5OS/c1-3-9-15-13(20)11(2)21-14-16-17-18-19(14)10-12-7-5-4-6-8-12/h1,4-8,11H,9-10H2,2H3,(H,15,20). The highest BCUT2D eigenvalue weighted by molar-refractivity contribution is 8.00. The van der Waals surface area contributed by atoms with Gasteiger partial charge < -0.3 is 5.32 Å². The van der Waals surface area contributed by atoms with E-state index >= 15 is 0 Å². The van der Waals surface area contributed by atoms with E-state index in [1.54, 1.807) is 11.6 Å². The first-order chi connectivity index (χ1) is 10.2. The van der Waals surface area contributed by atoms with E-state index in [0.717, 1.165) is 5.56 Å². The number of carbonyl (C=O) groups excluding carboxylic acids is 1. The summed E-state index contributed by atoms with van der Waals surface area (Å²) in [7, 11) is 0. The summed E-state index contributed by atoms with van der Waals surface area (Å²) in [4.78, 5) is 11.8. The van der Waals surface area contributed by atoms with Crippen molar-refractivity contribution in [1.82, 2.24) is 25.5 Å². The van der Waals surface area contributed by atoms with Gasteiger partial charge in [0, 0.05) is 0 Å². The lowest BCUT2D eigenvalue weighted by Gasteiger charge is -2.10. The van der Waals surface area contributed by atoms with E-state index in [1.165, 1.54) is 11.8 Å². The SMILES string of the molecule is C#CCNC(=O)C(C)Sc1nnnn1Cc1ccccc1. The van der Waals surface area contributed by atoms with E-state index in [1.807, 2.05) is 30.3 Å². The van der Waals surface area contributed by atoms with Crippen molar-refractivity contribution in [3.63, 3.8) is 0 Å². The number of hydrogen-bond acceptors (Lipinski definition) is 5. The summed E-state index contributed by atoms with van der Waals surface area (Å²) in [6.45, 7) is 2.58. The molecule has 21 heavy (non-hydrogen) atoms. The first kappa shape index (κ1) is 15.1. The van der Waals surface area contributed by atoms with Gasteiger partial charge in [-0.15, -0.1) is 11.5 Å². The van der Waals surface area contributed by atoms with Crippen LogP contribution < -0.4 is 5.32 Å². The van der Waals surface area contributed by atoms with Crippen LogP contribution in [0, 0.1) is 12.3 Å². The Labute approximate surface area is 127 Å². The Hall–Kier alpha value is -2.33. The molecule has 2 aromatic rings. The zero-order chi connectivity index (χ0) is 15.1. The van der Waals surface area contributed by atoms with Gasteiger partial charge in [0.2, 0.25) is 11.1 Å². The van der Waals surface area contributed by atoms with Crippen LogP contribution in [0.5, 0.6) is 0 Å². The minimum atomic E-state index is -0.320. The van der Waals surface area contributed by atoms with Crippen LogP contribution >= 0.6 is 11.8 Å². The molecule has 0 radical (unpaired) electrons. The molecule has 0 saturated heterocycles. The Balaban J connectivity index is 2.00. The lowest BCUT2D eigenvalue weighted by molar-refractivity contribution is -0.120. The Morgan fingerprint density at radius 1 is 1.48 bits per heavy atom. The highest BCUT2D eigenvalue weighted by Gasteiger charge is 2.18. The van der Waals surface area contributed by atoms with E-state index in [9.17, 15) is 4.79 Å². The van der Waals surface area contributed by atoms with Crippen molar-refractivity contribution in [2.45, 2.75) is 23.9 Å². The van der Waals surface area contributed by atoms with Gasteiger partial charge in [-0.2, -0.15) is 0 Å². The third kappa shape index (κ3) is 4.33. The predicted octanol–water partition coefficient (Wildman–Crippen LogP) is 0.951. The van der Waals surface area contributed by atoms with E-state index in [2.05, 4.69) is 26.8 Å². The zero-order valence-corrected chi connectivity index (χ0v) is 12.4. The Morgan fingerprint density at radius 2 is 2.24 bits per heavy atom. The molecule has 0 fully saturated rings. The molecule has 108 valence electrons. The number of carbonyl (C=O) groups is 1. The maximum atomic E-state index is 11.8. The van der Waals surface area contributed by atoms with Crippen LogP contribution in [0.4, 0.5) is 0 Å². The number of hydrogen-bond donors (Lipinski definition) is 1. The molecule has 6 nitrogen and oxygen atoms in total. The molecular weight excluding hydrogens is 286 g/mol. The number of terminal acetylenes is 1. The fourth-order valence-electron chi connectivity index (χ4n) is 1.63. The number of rotatable bonds is 6. The summed E-state index contributed by atoms with van der Waals surface area (Å²) in [6, 6.07) is 9.87. The fourth-order valence-corrected chi connectivity index (χ4v) is 2.44. The average molecular weight is 301 g/mol. The molecule has 0 spiro atoms. The third-order valence-corrected chi connectivity index (χ3v) is 3.76. The number of benzene rings is 1. The van der Waals surface area contributed by atoms with Crippen LogP contribution in [0.3, 0.4) is 0 Å². The molecule has 1 N–H and O–H groups in total. The van der Waals surface area contributed by atoms with Gasteiger partial charge in [0.05, 0.1) is 18.3 Å². The van der Waals surface area contributed by atoms with Crippen molar-refractivity contribution >= 4 is 17.7 Å². The van der Waals surface area contributed by atoms with Crippen molar-refractivity contribution < 1.29 is 4.79 Å². The summed E-state index contributed by atoms with van der Waals surface area (Å²) in [6.07, 6.45) is 5.12. The van der Waals surface area contributed by atoms with E-state index in [0.29, 0.717) is 11.7 Å². The number of nitrogens with zero attached hydrogens (tertiary/aromatic N) is 4. The number of tetrazole rings is 1. The van der Waals surface area contributed by atoms with Gasteiger partial charge >= 0.3 is 0 Å². The van der Waals surface area contributed by atoms with Crippen LogP contribution in [-0.4, -0.2) is 37.9 Å². The number of amides is 1. The highest BCUT2D eigenvalue weighted by atomic mass is 32.2. The first-order valence-corrected chi connectivity index (χ1v) is 7.26. The minimum Gasteiger partial charge on any atom is -0.344 e. The van der Waals surface area contributed by atoms with Crippen molar-refractivity contribution in [3.8, 4) is 12.3 Å². The quantitative estimate of drug-likeness (QED) is 0.635. The van der Waals surface area contributed by atoms with Gasteiger partial charge in [-0.1, -0.05) is 48.0 Å². The van der Waals surface area contributed by atoms with E-state index in [4.69, 9.17) is 6.42 Å². The van der Waals surface area contributed by atoms with Gasteiger partial charge in [0.15, 0.2) is 0 Å².